The van der Waals surface area contributed by atoms with Gasteiger partial charge in [-0.25, -0.2) is 4.98 Å². The van der Waals surface area contributed by atoms with Gasteiger partial charge in [0.15, 0.2) is 0 Å². The van der Waals surface area contributed by atoms with Gasteiger partial charge >= 0.3 is 0 Å². The van der Waals surface area contributed by atoms with Crippen LogP contribution in [0, 0.1) is 12.8 Å². The van der Waals surface area contributed by atoms with Crippen LogP contribution in [-0.2, 0) is 9.53 Å². The van der Waals surface area contributed by atoms with Crippen molar-refractivity contribution in [1.29, 1.82) is 0 Å². The summed E-state index contributed by atoms with van der Waals surface area (Å²) >= 11 is 0. The number of nitrogens with one attached hydrogen (secondary N) is 2. The van der Waals surface area contributed by atoms with Crippen molar-refractivity contribution >= 4 is 11.8 Å². The SMILES string of the molecule is CCCO[C@H]1C[C@@H](C(=O)N(C)CC)CC[C@@H]1NC(=O)c1cnc(C)[nH]c1=O. The number of carbonyl (C=O) groups excluding carboxylic acids is 2. The molecular weight excluding hydrogens is 348 g/mol. The Labute approximate surface area is 159 Å². The molecule has 1 aliphatic rings. The maximum absolute atomic E-state index is 12.5. The number of H-pyrrole nitrogens is 1. The Kier molecular flexibility index (Phi) is 7.53. The van der Waals surface area contributed by atoms with Gasteiger partial charge in [0.2, 0.25) is 5.91 Å². The summed E-state index contributed by atoms with van der Waals surface area (Å²) in [4.78, 5) is 45.3. The number of hydrogen-bond acceptors (Lipinski definition) is 5. The van der Waals surface area contributed by atoms with E-state index in [9.17, 15) is 14.4 Å². The lowest BCUT2D eigenvalue weighted by Gasteiger charge is -2.37. The molecule has 0 bridgehead atoms. The molecule has 2 rings (SSSR count). The van der Waals surface area contributed by atoms with E-state index in [1.54, 1.807) is 18.9 Å². The summed E-state index contributed by atoms with van der Waals surface area (Å²) in [5, 5.41) is 2.91. The van der Waals surface area contributed by atoms with Crippen molar-refractivity contribution < 1.29 is 14.3 Å². The molecule has 0 spiro atoms. The van der Waals surface area contributed by atoms with E-state index in [0.717, 1.165) is 6.42 Å². The second kappa shape index (κ2) is 9.64. The van der Waals surface area contributed by atoms with Gasteiger partial charge in [0.05, 0.1) is 12.1 Å². The second-order valence-corrected chi connectivity index (χ2v) is 7.06. The highest BCUT2D eigenvalue weighted by atomic mass is 16.5. The van der Waals surface area contributed by atoms with Crippen molar-refractivity contribution in [1.82, 2.24) is 20.2 Å². The van der Waals surface area contributed by atoms with Crippen LogP contribution in [0.15, 0.2) is 11.0 Å². The molecule has 1 aliphatic carbocycles. The summed E-state index contributed by atoms with van der Waals surface area (Å²) in [6, 6.07) is -0.235. The van der Waals surface area contributed by atoms with E-state index in [0.29, 0.717) is 38.2 Å². The molecule has 0 aliphatic heterocycles. The highest BCUT2D eigenvalue weighted by molar-refractivity contribution is 5.93. The summed E-state index contributed by atoms with van der Waals surface area (Å²) in [6.45, 7) is 6.85. The van der Waals surface area contributed by atoms with Gasteiger partial charge in [-0.1, -0.05) is 6.92 Å². The number of aromatic nitrogens is 2. The van der Waals surface area contributed by atoms with E-state index in [4.69, 9.17) is 4.74 Å². The van der Waals surface area contributed by atoms with Gasteiger partial charge in [-0.2, -0.15) is 0 Å². The minimum atomic E-state index is -0.464. The number of aryl methyl sites for hydroxylation is 1. The van der Waals surface area contributed by atoms with Crippen LogP contribution in [0.1, 0.15) is 55.7 Å². The second-order valence-electron chi connectivity index (χ2n) is 7.06. The first-order chi connectivity index (χ1) is 12.9. The smallest absolute Gasteiger partial charge is 0.263 e. The van der Waals surface area contributed by atoms with Gasteiger partial charge in [0.1, 0.15) is 11.4 Å². The van der Waals surface area contributed by atoms with Gasteiger partial charge in [-0.15, -0.1) is 0 Å². The van der Waals surface area contributed by atoms with Crippen LogP contribution in [-0.4, -0.2) is 59.0 Å². The van der Waals surface area contributed by atoms with Crippen LogP contribution in [0.25, 0.3) is 0 Å². The lowest BCUT2D eigenvalue weighted by molar-refractivity contribution is -0.137. The molecule has 1 saturated carbocycles. The number of carbonyl (C=O) groups is 2. The zero-order valence-corrected chi connectivity index (χ0v) is 16.6. The topological polar surface area (TPSA) is 104 Å². The molecule has 1 aromatic heterocycles. The van der Waals surface area contributed by atoms with Crippen molar-refractivity contribution in [3.63, 3.8) is 0 Å². The highest BCUT2D eigenvalue weighted by Crippen LogP contribution is 2.28. The van der Waals surface area contributed by atoms with Crippen LogP contribution in [0.2, 0.25) is 0 Å². The Morgan fingerprint density at radius 1 is 1.37 bits per heavy atom. The number of hydrogen-bond donors (Lipinski definition) is 2. The maximum Gasteiger partial charge on any atom is 0.263 e. The van der Waals surface area contributed by atoms with E-state index >= 15 is 0 Å². The molecule has 1 heterocycles. The van der Waals surface area contributed by atoms with E-state index in [1.807, 2.05) is 13.8 Å². The van der Waals surface area contributed by atoms with Crippen LogP contribution >= 0.6 is 0 Å². The summed E-state index contributed by atoms with van der Waals surface area (Å²) < 4.78 is 5.94. The zero-order valence-electron chi connectivity index (χ0n) is 16.6. The molecule has 8 heteroatoms. The van der Waals surface area contributed by atoms with E-state index < -0.39 is 11.5 Å². The molecule has 1 fully saturated rings. The Morgan fingerprint density at radius 2 is 2.11 bits per heavy atom. The first kappa shape index (κ1) is 21.1. The third-order valence-electron chi connectivity index (χ3n) is 5.02. The lowest BCUT2D eigenvalue weighted by Crippen LogP contribution is -2.51. The summed E-state index contributed by atoms with van der Waals surface area (Å²) in [5.41, 5.74) is -0.474. The third-order valence-corrected chi connectivity index (χ3v) is 5.02. The molecule has 0 aromatic carbocycles. The third kappa shape index (κ3) is 5.38. The van der Waals surface area contributed by atoms with Crippen LogP contribution in [0.4, 0.5) is 0 Å². The number of amides is 2. The number of aromatic amines is 1. The van der Waals surface area contributed by atoms with Crippen LogP contribution in [0.3, 0.4) is 0 Å². The molecule has 0 radical (unpaired) electrons. The maximum atomic E-state index is 12.5. The van der Waals surface area contributed by atoms with Gasteiger partial charge in [-0.3, -0.25) is 14.4 Å². The van der Waals surface area contributed by atoms with Gasteiger partial charge in [0.25, 0.3) is 11.5 Å². The fourth-order valence-corrected chi connectivity index (χ4v) is 3.33. The number of rotatable bonds is 7. The van der Waals surface area contributed by atoms with E-state index in [-0.39, 0.29) is 29.5 Å². The first-order valence-electron chi connectivity index (χ1n) is 9.60. The Hall–Kier alpha value is -2.22. The fraction of sp³-hybridized carbons (Fsp3) is 0.684. The van der Waals surface area contributed by atoms with Crippen molar-refractivity contribution in [3.05, 3.63) is 27.9 Å². The predicted octanol–water partition coefficient (Wildman–Crippen LogP) is 1.25. The molecule has 1 aromatic rings. The molecule has 3 atom stereocenters. The normalized spacial score (nSPS) is 22.3. The van der Waals surface area contributed by atoms with E-state index in [1.165, 1.54) is 6.20 Å². The molecule has 0 saturated heterocycles. The van der Waals surface area contributed by atoms with Gasteiger partial charge in [0, 0.05) is 32.3 Å². The summed E-state index contributed by atoms with van der Waals surface area (Å²) in [5.74, 6) is 0.00929. The lowest BCUT2D eigenvalue weighted by atomic mass is 9.82. The molecule has 8 nitrogen and oxygen atoms in total. The van der Waals surface area contributed by atoms with E-state index in [2.05, 4.69) is 15.3 Å². The van der Waals surface area contributed by atoms with Crippen molar-refractivity contribution in [2.45, 2.75) is 58.6 Å². The zero-order chi connectivity index (χ0) is 20.0. The van der Waals surface area contributed by atoms with Gasteiger partial charge in [-0.05, 0) is 39.5 Å². The highest BCUT2D eigenvalue weighted by Gasteiger charge is 2.36. The molecule has 150 valence electrons. The van der Waals surface area contributed by atoms with Crippen molar-refractivity contribution in [3.8, 4) is 0 Å². The summed E-state index contributed by atoms with van der Waals surface area (Å²) in [6.07, 6.45) is 3.77. The van der Waals surface area contributed by atoms with Crippen LogP contribution in [0.5, 0.6) is 0 Å². The van der Waals surface area contributed by atoms with Gasteiger partial charge < -0.3 is 19.9 Å². The first-order valence-corrected chi connectivity index (χ1v) is 9.60. The molecule has 2 amide bonds. The number of nitrogens with zero attached hydrogens (tertiary/aromatic N) is 2. The van der Waals surface area contributed by atoms with Crippen molar-refractivity contribution in [2.24, 2.45) is 5.92 Å². The van der Waals surface area contributed by atoms with Crippen molar-refractivity contribution in [2.75, 3.05) is 20.2 Å². The summed E-state index contributed by atoms with van der Waals surface area (Å²) in [7, 11) is 1.80. The Bertz CT molecular complexity index is 718. The average molecular weight is 378 g/mol. The predicted molar refractivity (Wildman–Crippen MR) is 102 cm³/mol. The Morgan fingerprint density at radius 3 is 2.74 bits per heavy atom. The largest absolute Gasteiger partial charge is 0.376 e. The number of ether oxygens (including phenoxy) is 1. The minimum absolute atomic E-state index is 0.0150. The standard InChI is InChI=1S/C19H30N4O4/c1-5-9-27-16-10-13(19(26)23(4)6-2)7-8-15(16)22-18(25)14-11-20-12(3)21-17(14)24/h11,13,15-16H,5-10H2,1-4H3,(H,22,25)(H,20,21,24)/t13-,15-,16-/m0/s1. The molecule has 0 unspecified atom stereocenters. The molecule has 27 heavy (non-hydrogen) atoms. The Balaban J connectivity index is 2.09. The minimum Gasteiger partial charge on any atom is -0.376 e. The quantitative estimate of drug-likeness (QED) is 0.743. The fourth-order valence-electron chi connectivity index (χ4n) is 3.33. The molecular formula is C19H30N4O4. The van der Waals surface area contributed by atoms with Crippen LogP contribution < -0.4 is 10.9 Å². The monoisotopic (exact) mass is 378 g/mol. The molecule has 2 N–H and O–H groups in total. The average Bonchev–Trinajstić information content (AvgIpc) is 2.65.